The molecule has 1 saturated heterocycles. The lowest BCUT2D eigenvalue weighted by Crippen LogP contribution is -2.32. The molecule has 1 heterocycles. The zero-order valence-corrected chi connectivity index (χ0v) is 12.1. The fourth-order valence-corrected chi connectivity index (χ4v) is 2.70. The first kappa shape index (κ1) is 14.8. The van der Waals surface area contributed by atoms with E-state index in [0.717, 1.165) is 13.1 Å². The zero-order valence-electron chi connectivity index (χ0n) is 11.3. The second kappa shape index (κ2) is 7.83. The molecule has 0 spiro atoms. The first-order valence-corrected chi connectivity index (χ1v) is 7.51. The molecule has 1 fully saturated rings. The summed E-state index contributed by atoms with van der Waals surface area (Å²) in [5.41, 5.74) is 0.642. The number of nitrogens with one attached hydrogen (secondary N) is 1. The second-order valence-corrected chi connectivity index (χ2v) is 5.55. The van der Waals surface area contributed by atoms with Crippen molar-refractivity contribution in [2.75, 3.05) is 26.2 Å². The highest BCUT2D eigenvalue weighted by atomic mass is 35.5. The van der Waals surface area contributed by atoms with Crippen molar-refractivity contribution in [2.24, 2.45) is 0 Å². The van der Waals surface area contributed by atoms with Gasteiger partial charge >= 0.3 is 0 Å². The van der Waals surface area contributed by atoms with E-state index < -0.39 is 0 Å². The zero-order chi connectivity index (χ0) is 13.5. The van der Waals surface area contributed by atoms with E-state index in [1.807, 2.05) is 0 Å². The second-order valence-electron chi connectivity index (χ2n) is 5.15. The van der Waals surface area contributed by atoms with Crippen LogP contribution in [0.3, 0.4) is 0 Å². The van der Waals surface area contributed by atoms with Crippen molar-refractivity contribution in [2.45, 2.75) is 32.2 Å². The van der Waals surface area contributed by atoms with Gasteiger partial charge in [0.15, 0.2) is 0 Å². The fraction of sp³-hybridized carbons (Fsp3) is 0.600. The van der Waals surface area contributed by atoms with Gasteiger partial charge in [0.05, 0.1) is 5.02 Å². The summed E-state index contributed by atoms with van der Waals surface area (Å²) in [6.07, 6.45) is 5.33. The number of benzene rings is 1. The van der Waals surface area contributed by atoms with Crippen molar-refractivity contribution in [3.63, 3.8) is 0 Å². The molecule has 0 unspecified atom stereocenters. The maximum absolute atomic E-state index is 13.7. The largest absolute Gasteiger partial charge is 0.311 e. The van der Waals surface area contributed by atoms with Gasteiger partial charge in [0, 0.05) is 25.2 Å². The molecule has 0 atom stereocenters. The molecule has 2 nitrogen and oxygen atoms in total. The SMILES string of the molecule is Fc1c(Cl)cccc1CNCCN1CCCCCC1. The van der Waals surface area contributed by atoms with E-state index in [1.54, 1.807) is 18.2 Å². The lowest BCUT2D eigenvalue weighted by molar-refractivity contribution is 0.284. The Morgan fingerprint density at radius 1 is 1.16 bits per heavy atom. The van der Waals surface area contributed by atoms with Gasteiger partial charge in [-0.15, -0.1) is 0 Å². The number of nitrogens with zero attached hydrogens (tertiary/aromatic N) is 1. The van der Waals surface area contributed by atoms with Crippen LogP contribution in [0.4, 0.5) is 4.39 Å². The Balaban J connectivity index is 1.70. The van der Waals surface area contributed by atoms with Crippen LogP contribution in [0.15, 0.2) is 18.2 Å². The summed E-state index contributed by atoms with van der Waals surface area (Å²) < 4.78 is 13.7. The summed E-state index contributed by atoms with van der Waals surface area (Å²) in [5, 5.41) is 3.50. The lowest BCUT2D eigenvalue weighted by atomic mass is 10.2. The highest BCUT2D eigenvalue weighted by Gasteiger charge is 2.09. The Morgan fingerprint density at radius 3 is 2.63 bits per heavy atom. The summed E-state index contributed by atoms with van der Waals surface area (Å²) in [5.74, 6) is -0.300. The predicted octanol–water partition coefficient (Wildman–Crippen LogP) is 3.44. The summed E-state index contributed by atoms with van der Waals surface area (Å²) in [6, 6.07) is 5.15. The van der Waals surface area contributed by atoms with Gasteiger partial charge in [0.25, 0.3) is 0 Å². The third-order valence-corrected chi connectivity index (χ3v) is 3.94. The van der Waals surface area contributed by atoms with Gasteiger partial charge < -0.3 is 10.2 Å². The summed E-state index contributed by atoms with van der Waals surface area (Å²) in [6.45, 7) is 4.88. The van der Waals surface area contributed by atoms with Crippen molar-refractivity contribution < 1.29 is 4.39 Å². The van der Waals surface area contributed by atoms with Crippen molar-refractivity contribution in [1.82, 2.24) is 10.2 Å². The van der Waals surface area contributed by atoms with Crippen LogP contribution >= 0.6 is 11.6 Å². The average Bonchev–Trinajstić information content (AvgIpc) is 2.68. The minimum Gasteiger partial charge on any atom is -0.311 e. The number of halogens is 2. The van der Waals surface area contributed by atoms with E-state index in [4.69, 9.17) is 11.6 Å². The lowest BCUT2D eigenvalue weighted by Gasteiger charge is -2.19. The van der Waals surface area contributed by atoms with Crippen molar-refractivity contribution in [1.29, 1.82) is 0 Å². The van der Waals surface area contributed by atoms with Crippen LogP contribution in [-0.4, -0.2) is 31.1 Å². The molecule has 0 aliphatic carbocycles. The number of hydrogen-bond donors (Lipinski definition) is 1. The molecule has 0 saturated carbocycles. The maximum Gasteiger partial charge on any atom is 0.146 e. The number of hydrogen-bond acceptors (Lipinski definition) is 2. The van der Waals surface area contributed by atoms with Crippen LogP contribution in [0.25, 0.3) is 0 Å². The highest BCUT2D eigenvalue weighted by Crippen LogP contribution is 2.17. The molecule has 0 bridgehead atoms. The molecule has 106 valence electrons. The minimum atomic E-state index is -0.300. The van der Waals surface area contributed by atoms with Gasteiger partial charge in [-0.1, -0.05) is 36.6 Å². The molecule has 0 aromatic heterocycles. The van der Waals surface area contributed by atoms with E-state index in [9.17, 15) is 4.39 Å². The quantitative estimate of drug-likeness (QED) is 0.833. The van der Waals surface area contributed by atoms with Crippen LogP contribution in [-0.2, 0) is 6.54 Å². The van der Waals surface area contributed by atoms with Gasteiger partial charge in [-0.3, -0.25) is 0 Å². The summed E-state index contributed by atoms with van der Waals surface area (Å²) in [4.78, 5) is 2.49. The Kier molecular flexibility index (Phi) is 6.08. The van der Waals surface area contributed by atoms with E-state index in [-0.39, 0.29) is 10.8 Å². The molecule has 1 aliphatic heterocycles. The maximum atomic E-state index is 13.7. The first-order chi connectivity index (χ1) is 9.27. The van der Waals surface area contributed by atoms with Gasteiger partial charge in [0.2, 0.25) is 0 Å². The van der Waals surface area contributed by atoms with Crippen LogP contribution < -0.4 is 5.32 Å². The van der Waals surface area contributed by atoms with Gasteiger partial charge in [-0.05, 0) is 32.0 Å². The third-order valence-electron chi connectivity index (χ3n) is 3.65. The molecule has 1 N–H and O–H groups in total. The van der Waals surface area contributed by atoms with Gasteiger partial charge in [-0.2, -0.15) is 0 Å². The summed E-state index contributed by atoms with van der Waals surface area (Å²) in [7, 11) is 0. The first-order valence-electron chi connectivity index (χ1n) is 7.13. The Morgan fingerprint density at radius 2 is 1.89 bits per heavy atom. The van der Waals surface area contributed by atoms with Crippen molar-refractivity contribution in [3.8, 4) is 0 Å². The molecule has 2 rings (SSSR count). The molecule has 0 amide bonds. The highest BCUT2D eigenvalue weighted by molar-refractivity contribution is 6.30. The topological polar surface area (TPSA) is 15.3 Å². The van der Waals surface area contributed by atoms with Crippen LogP contribution in [0, 0.1) is 5.82 Å². The Hall–Kier alpha value is -0.640. The average molecular weight is 285 g/mol. The molecule has 1 aromatic carbocycles. The van der Waals surface area contributed by atoms with Crippen LogP contribution in [0.5, 0.6) is 0 Å². The normalized spacial score (nSPS) is 17.4. The molecule has 19 heavy (non-hydrogen) atoms. The fourth-order valence-electron chi connectivity index (χ4n) is 2.50. The standard InChI is InChI=1S/C15H22ClFN2/c16-14-7-5-6-13(15(14)17)12-18-8-11-19-9-3-1-2-4-10-19/h5-7,18H,1-4,8-12H2. The monoisotopic (exact) mass is 284 g/mol. The van der Waals surface area contributed by atoms with Crippen molar-refractivity contribution >= 4 is 11.6 Å². The van der Waals surface area contributed by atoms with Gasteiger partial charge in [0.1, 0.15) is 5.82 Å². The summed E-state index contributed by atoms with van der Waals surface area (Å²) >= 11 is 5.76. The molecule has 0 radical (unpaired) electrons. The number of likely N-dealkylation sites (tertiary alicyclic amines) is 1. The molecule has 4 heteroatoms. The smallest absolute Gasteiger partial charge is 0.146 e. The molecule has 1 aliphatic rings. The van der Waals surface area contributed by atoms with Gasteiger partial charge in [-0.25, -0.2) is 4.39 Å². The van der Waals surface area contributed by atoms with Crippen molar-refractivity contribution in [3.05, 3.63) is 34.6 Å². The van der Waals surface area contributed by atoms with E-state index in [1.165, 1.54) is 38.8 Å². The van der Waals surface area contributed by atoms with Crippen LogP contribution in [0.1, 0.15) is 31.2 Å². The van der Waals surface area contributed by atoms with Crippen LogP contribution in [0.2, 0.25) is 5.02 Å². The molecular weight excluding hydrogens is 263 g/mol. The Bertz CT molecular complexity index is 390. The minimum absolute atomic E-state index is 0.201. The van der Waals surface area contributed by atoms with E-state index in [2.05, 4.69) is 10.2 Å². The Labute approximate surface area is 119 Å². The predicted molar refractivity (Wildman–Crippen MR) is 78.0 cm³/mol. The molecular formula is C15H22ClFN2. The molecule has 1 aromatic rings. The van der Waals surface area contributed by atoms with E-state index in [0.29, 0.717) is 12.1 Å². The third kappa shape index (κ3) is 4.75. The number of rotatable bonds is 5. The van der Waals surface area contributed by atoms with E-state index >= 15 is 0 Å².